The molecule has 0 radical (unpaired) electrons. The van der Waals surface area contributed by atoms with Crippen LogP contribution in [0.3, 0.4) is 0 Å². The zero-order chi connectivity index (χ0) is 12.4. The zero-order valence-corrected chi connectivity index (χ0v) is 10.2. The number of thiocarbonyl (C=S) groups is 1. The van der Waals surface area contributed by atoms with Crippen LogP contribution in [0.4, 0.5) is 10.1 Å². The van der Waals surface area contributed by atoms with Crippen molar-refractivity contribution in [2.45, 2.75) is 18.9 Å². The van der Waals surface area contributed by atoms with Gasteiger partial charge < -0.3 is 15.7 Å². The predicted molar refractivity (Wildman–Crippen MR) is 69.7 cm³/mol. The molecule has 1 atom stereocenters. The number of halogens is 1. The van der Waals surface area contributed by atoms with Crippen molar-refractivity contribution in [2.24, 2.45) is 5.73 Å². The fourth-order valence-corrected chi connectivity index (χ4v) is 2.22. The summed E-state index contributed by atoms with van der Waals surface area (Å²) in [5, 5.41) is 9.57. The largest absolute Gasteiger partial charge is 0.391 e. The van der Waals surface area contributed by atoms with E-state index in [-0.39, 0.29) is 16.9 Å². The lowest BCUT2D eigenvalue weighted by molar-refractivity contribution is 0.154. The van der Waals surface area contributed by atoms with Gasteiger partial charge in [-0.1, -0.05) is 12.2 Å². The standard InChI is InChI=1S/C12H15FN2OS/c13-10-6-8(12(14)17)3-4-11(10)15-5-1-2-9(16)7-15/h3-4,6,9,16H,1-2,5,7H2,(H2,14,17). The van der Waals surface area contributed by atoms with E-state index in [9.17, 15) is 9.50 Å². The van der Waals surface area contributed by atoms with Crippen molar-refractivity contribution in [3.05, 3.63) is 29.6 Å². The molecule has 0 aliphatic carbocycles. The molecule has 0 amide bonds. The first-order valence-corrected chi connectivity index (χ1v) is 6.01. The molecule has 0 spiro atoms. The summed E-state index contributed by atoms with van der Waals surface area (Å²) < 4.78 is 13.9. The molecule has 3 nitrogen and oxygen atoms in total. The number of nitrogens with two attached hydrogens (primary N) is 1. The van der Waals surface area contributed by atoms with Crippen LogP contribution in [0.15, 0.2) is 18.2 Å². The van der Waals surface area contributed by atoms with Gasteiger partial charge in [-0.15, -0.1) is 0 Å². The van der Waals surface area contributed by atoms with Crippen LogP contribution in [-0.4, -0.2) is 29.3 Å². The highest BCUT2D eigenvalue weighted by atomic mass is 32.1. The maximum atomic E-state index is 13.9. The molecule has 0 saturated carbocycles. The quantitative estimate of drug-likeness (QED) is 0.784. The lowest BCUT2D eigenvalue weighted by Crippen LogP contribution is -2.38. The van der Waals surface area contributed by atoms with Gasteiger partial charge in [0.15, 0.2) is 0 Å². The number of hydrogen-bond acceptors (Lipinski definition) is 3. The maximum Gasteiger partial charge on any atom is 0.147 e. The molecule has 92 valence electrons. The first-order chi connectivity index (χ1) is 8.08. The van der Waals surface area contributed by atoms with Gasteiger partial charge in [0.1, 0.15) is 10.8 Å². The third kappa shape index (κ3) is 2.73. The van der Waals surface area contributed by atoms with Gasteiger partial charge in [0, 0.05) is 18.7 Å². The second-order valence-corrected chi connectivity index (χ2v) is 4.71. The van der Waals surface area contributed by atoms with Crippen molar-refractivity contribution in [2.75, 3.05) is 18.0 Å². The van der Waals surface area contributed by atoms with Crippen LogP contribution >= 0.6 is 12.2 Å². The van der Waals surface area contributed by atoms with Gasteiger partial charge in [-0.2, -0.15) is 0 Å². The van der Waals surface area contributed by atoms with Crippen molar-refractivity contribution in [3.63, 3.8) is 0 Å². The summed E-state index contributed by atoms with van der Waals surface area (Å²) in [5.41, 5.74) is 6.47. The molecule has 1 aromatic rings. The van der Waals surface area contributed by atoms with E-state index in [4.69, 9.17) is 18.0 Å². The molecule has 2 rings (SSSR count). The molecule has 0 bridgehead atoms. The van der Waals surface area contributed by atoms with Crippen molar-refractivity contribution in [3.8, 4) is 0 Å². The number of hydrogen-bond donors (Lipinski definition) is 2. The molecule has 1 aromatic carbocycles. The highest BCUT2D eigenvalue weighted by Crippen LogP contribution is 2.24. The van der Waals surface area contributed by atoms with E-state index in [0.717, 1.165) is 19.4 Å². The summed E-state index contributed by atoms with van der Waals surface area (Å²) in [4.78, 5) is 2.04. The molecule has 1 aliphatic heterocycles. The van der Waals surface area contributed by atoms with Crippen molar-refractivity contribution >= 4 is 22.9 Å². The van der Waals surface area contributed by atoms with Gasteiger partial charge >= 0.3 is 0 Å². The zero-order valence-electron chi connectivity index (χ0n) is 9.40. The molecule has 1 saturated heterocycles. The van der Waals surface area contributed by atoms with E-state index >= 15 is 0 Å². The Kier molecular flexibility index (Phi) is 3.59. The minimum Gasteiger partial charge on any atom is -0.391 e. The number of aliphatic hydroxyl groups excluding tert-OH is 1. The molecule has 0 aromatic heterocycles. The number of anilines is 1. The van der Waals surface area contributed by atoms with Crippen LogP contribution in [-0.2, 0) is 0 Å². The van der Waals surface area contributed by atoms with Gasteiger partial charge in [0.2, 0.25) is 0 Å². The Labute approximate surface area is 105 Å². The summed E-state index contributed by atoms with van der Waals surface area (Å²) in [6.07, 6.45) is 1.28. The van der Waals surface area contributed by atoms with Crippen LogP contribution < -0.4 is 10.6 Å². The smallest absolute Gasteiger partial charge is 0.147 e. The molecular weight excluding hydrogens is 239 g/mol. The van der Waals surface area contributed by atoms with Gasteiger partial charge in [-0.25, -0.2) is 4.39 Å². The Balaban J connectivity index is 2.23. The third-order valence-corrected chi connectivity index (χ3v) is 3.21. The van der Waals surface area contributed by atoms with Crippen molar-refractivity contribution < 1.29 is 9.50 Å². The first-order valence-electron chi connectivity index (χ1n) is 5.60. The SMILES string of the molecule is NC(=S)c1ccc(N2CCCC(O)C2)c(F)c1. The lowest BCUT2D eigenvalue weighted by atomic mass is 10.1. The van der Waals surface area contributed by atoms with E-state index in [1.54, 1.807) is 12.1 Å². The lowest BCUT2D eigenvalue weighted by Gasteiger charge is -2.32. The highest BCUT2D eigenvalue weighted by Gasteiger charge is 2.20. The first kappa shape index (κ1) is 12.3. The van der Waals surface area contributed by atoms with E-state index in [1.807, 2.05) is 4.90 Å². The summed E-state index contributed by atoms with van der Waals surface area (Å²) in [7, 11) is 0. The van der Waals surface area contributed by atoms with Crippen LogP contribution in [0.5, 0.6) is 0 Å². The van der Waals surface area contributed by atoms with Gasteiger partial charge in [-0.3, -0.25) is 0 Å². The van der Waals surface area contributed by atoms with Crippen molar-refractivity contribution in [1.29, 1.82) is 0 Å². The predicted octanol–water partition coefficient (Wildman–Crippen LogP) is 1.42. The van der Waals surface area contributed by atoms with Crippen LogP contribution in [0.25, 0.3) is 0 Å². The maximum absolute atomic E-state index is 13.9. The number of β-amino-alcohol motifs (C(OH)–C–C–N with tert-alkyl or cyclic N) is 1. The second-order valence-electron chi connectivity index (χ2n) is 4.27. The minimum atomic E-state index is -0.376. The van der Waals surface area contributed by atoms with Gasteiger partial charge in [0.05, 0.1) is 11.8 Å². The summed E-state index contributed by atoms with van der Waals surface area (Å²) in [6, 6.07) is 4.72. The number of benzene rings is 1. The van der Waals surface area contributed by atoms with E-state index in [1.165, 1.54) is 6.07 Å². The van der Waals surface area contributed by atoms with Crippen LogP contribution in [0, 0.1) is 5.82 Å². The Morgan fingerprint density at radius 1 is 1.53 bits per heavy atom. The van der Waals surface area contributed by atoms with E-state index < -0.39 is 0 Å². The number of nitrogens with zero attached hydrogens (tertiary/aromatic N) is 1. The van der Waals surface area contributed by atoms with Gasteiger partial charge in [-0.05, 0) is 31.0 Å². The molecule has 5 heteroatoms. The number of piperidine rings is 1. The molecule has 1 heterocycles. The molecule has 3 N–H and O–H groups in total. The third-order valence-electron chi connectivity index (χ3n) is 2.97. The second kappa shape index (κ2) is 4.98. The molecular formula is C12H15FN2OS. The fraction of sp³-hybridized carbons (Fsp3) is 0.417. The number of aliphatic hydroxyl groups is 1. The minimum absolute atomic E-state index is 0.189. The average molecular weight is 254 g/mol. The Hall–Kier alpha value is -1.20. The summed E-state index contributed by atoms with van der Waals surface area (Å²) >= 11 is 4.80. The topological polar surface area (TPSA) is 49.5 Å². The highest BCUT2D eigenvalue weighted by molar-refractivity contribution is 7.80. The monoisotopic (exact) mass is 254 g/mol. The van der Waals surface area contributed by atoms with Crippen LogP contribution in [0.1, 0.15) is 18.4 Å². The van der Waals surface area contributed by atoms with Crippen molar-refractivity contribution in [1.82, 2.24) is 0 Å². The van der Waals surface area contributed by atoms with Crippen LogP contribution in [0.2, 0.25) is 0 Å². The Bertz CT molecular complexity index is 439. The normalized spacial score (nSPS) is 20.4. The summed E-state index contributed by atoms with van der Waals surface area (Å²) in [5.74, 6) is -0.343. The van der Waals surface area contributed by atoms with E-state index in [2.05, 4.69) is 0 Å². The molecule has 17 heavy (non-hydrogen) atoms. The molecule has 1 aliphatic rings. The molecule has 1 fully saturated rings. The Morgan fingerprint density at radius 3 is 2.88 bits per heavy atom. The number of rotatable bonds is 2. The van der Waals surface area contributed by atoms with E-state index in [0.29, 0.717) is 17.8 Å². The molecule has 1 unspecified atom stereocenters. The van der Waals surface area contributed by atoms with Gasteiger partial charge in [0.25, 0.3) is 0 Å². The average Bonchev–Trinajstić information content (AvgIpc) is 2.28. The summed E-state index contributed by atoms with van der Waals surface area (Å²) in [6.45, 7) is 1.24. The Morgan fingerprint density at radius 2 is 2.29 bits per heavy atom. The fourth-order valence-electron chi connectivity index (χ4n) is 2.09.